The van der Waals surface area contributed by atoms with E-state index in [0.29, 0.717) is 12.0 Å². The highest BCUT2D eigenvalue weighted by molar-refractivity contribution is 6.02. The largest absolute Gasteiger partial charge is 0.294 e. The van der Waals surface area contributed by atoms with Gasteiger partial charge in [0.2, 0.25) is 0 Å². The molecular weight excluding hydrogens is 264 g/mol. The molecule has 0 atom stereocenters. The normalized spacial score (nSPS) is 11.2. The van der Waals surface area contributed by atoms with Crippen molar-refractivity contribution in [2.75, 3.05) is 0 Å². The van der Waals surface area contributed by atoms with Gasteiger partial charge in [-0.1, -0.05) is 13.0 Å². The molecule has 3 aromatic rings. The van der Waals surface area contributed by atoms with Crippen LogP contribution in [-0.4, -0.2) is 25.2 Å². The smallest absolute Gasteiger partial charge is 0.166 e. The van der Waals surface area contributed by atoms with Gasteiger partial charge in [-0.05, 0) is 19.9 Å². The lowest BCUT2D eigenvalue weighted by atomic mass is 10.0. The van der Waals surface area contributed by atoms with Gasteiger partial charge in [-0.3, -0.25) is 9.48 Å². The van der Waals surface area contributed by atoms with Crippen molar-refractivity contribution in [3.05, 3.63) is 41.5 Å². The second-order valence-corrected chi connectivity index (χ2v) is 5.25. The third kappa shape index (κ3) is 2.05. The molecular formula is C16H18N4O. The molecule has 0 unspecified atom stereocenters. The van der Waals surface area contributed by atoms with E-state index in [1.54, 1.807) is 10.7 Å². The summed E-state index contributed by atoms with van der Waals surface area (Å²) in [4.78, 5) is 11.9. The summed E-state index contributed by atoms with van der Waals surface area (Å²) in [6, 6.07) is 3.98. The van der Waals surface area contributed by atoms with E-state index in [0.717, 1.165) is 28.0 Å². The molecule has 0 aromatic carbocycles. The van der Waals surface area contributed by atoms with Gasteiger partial charge in [-0.2, -0.15) is 10.2 Å². The number of fused-ring (bicyclic) bond motifs is 1. The maximum Gasteiger partial charge on any atom is 0.166 e. The summed E-state index contributed by atoms with van der Waals surface area (Å²) >= 11 is 0. The lowest BCUT2D eigenvalue weighted by Gasteiger charge is -2.04. The predicted octanol–water partition coefficient (Wildman–Crippen LogP) is 2.94. The molecule has 21 heavy (non-hydrogen) atoms. The van der Waals surface area contributed by atoms with Crippen LogP contribution >= 0.6 is 0 Å². The molecule has 108 valence electrons. The number of pyridine rings is 1. The molecule has 0 amide bonds. The molecule has 3 rings (SSSR count). The van der Waals surface area contributed by atoms with E-state index in [9.17, 15) is 4.79 Å². The van der Waals surface area contributed by atoms with Crippen LogP contribution in [0.5, 0.6) is 0 Å². The number of hydrogen-bond donors (Lipinski definition) is 0. The molecule has 0 radical (unpaired) electrons. The van der Waals surface area contributed by atoms with Gasteiger partial charge in [0.15, 0.2) is 5.78 Å². The van der Waals surface area contributed by atoms with Gasteiger partial charge in [-0.15, -0.1) is 0 Å². The molecule has 0 saturated carbocycles. The molecule has 0 fully saturated rings. The van der Waals surface area contributed by atoms with E-state index in [4.69, 9.17) is 0 Å². The number of carbonyl (C=O) groups is 1. The molecule has 0 aliphatic rings. The summed E-state index contributed by atoms with van der Waals surface area (Å²) in [5, 5.41) is 8.76. The number of rotatable bonds is 3. The van der Waals surface area contributed by atoms with Crippen LogP contribution in [0, 0.1) is 13.8 Å². The highest BCUT2D eigenvalue weighted by atomic mass is 16.1. The maximum absolute atomic E-state index is 11.9. The van der Waals surface area contributed by atoms with E-state index in [-0.39, 0.29) is 5.78 Å². The van der Waals surface area contributed by atoms with Gasteiger partial charge in [0, 0.05) is 36.5 Å². The van der Waals surface area contributed by atoms with Gasteiger partial charge >= 0.3 is 0 Å². The highest BCUT2D eigenvalue weighted by Gasteiger charge is 2.15. The molecule has 0 bridgehead atoms. The lowest BCUT2D eigenvalue weighted by Crippen LogP contribution is -1.96. The minimum absolute atomic E-state index is 0.117. The Hall–Kier alpha value is -2.43. The average Bonchev–Trinajstić information content (AvgIpc) is 2.99. The molecule has 0 aliphatic heterocycles. The molecule has 0 saturated heterocycles. The monoisotopic (exact) mass is 282 g/mol. The van der Waals surface area contributed by atoms with Gasteiger partial charge in [0.25, 0.3) is 0 Å². The molecule has 0 N–H and O–H groups in total. The van der Waals surface area contributed by atoms with Gasteiger partial charge in [0.1, 0.15) is 0 Å². The summed E-state index contributed by atoms with van der Waals surface area (Å²) in [7, 11) is 1.94. The molecule has 3 heterocycles. The number of hydrogen-bond acceptors (Lipinski definition) is 3. The summed E-state index contributed by atoms with van der Waals surface area (Å²) in [6.07, 6.45) is 4.09. The van der Waals surface area contributed by atoms with Crippen molar-refractivity contribution >= 4 is 11.3 Å². The quantitative estimate of drug-likeness (QED) is 0.694. The first-order chi connectivity index (χ1) is 10.0. The second-order valence-electron chi connectivity index (χ2n) is 5.25. The van der Waals surface area contributed by atoms with Crippen molar-refractivity contribution in [3.63, 3.8) is 0 Å². The fraction of sp³-hybridized carbons (Fsp3) is 0.312. The van der Waals surface area contributed by atoms with Gasteiger partial charge < -0.3 is 0 Å². The zero-order valence-electron chi connectivity index (χ0n) is 12.7. The minimum atomic E-state index is 0.117. The Morgan fingerprint density at radius 3 is 2.67 bits per heavy atom. The minimum Gasteiger partial charge on any atom is -0.294 e. The third-order valence-electron chi connectivity index (χ3n) is 3.94. The molecule has 0 aliphatic carbocycles. The number of carbonyl (C=O) groups excluding carboxylic acids is 1. The SMILES string of the molecule is CCC(=O)c1cnn2cc(-c3c(C)nn(C)c3C)ccc12. The first-order valence-electron chi connectivity index (χ1n) is 7.04. The summed E-state index contributed by atoms with van der Waals surface area (Å²) in [6.45, 7) is 5.92. The van der Waals surface area contributed by atoms with Crippen molar-refractivity contribution in [3.8, 4) is 11.1 Å². The average molecular weight is 282 g/mol. The fourth-order valence-electron chi connectivity index (χ4n) is 2.73. The van der Waals surface area contributed by atoms with Crippen LogP contribution in [-0.2, 0) is 7.05 Å². The standard InChI is InChI=1S/C16H18N4O/c1-5-15(21)13-8-17-20-9-12(6-7-14(13)20)16-10(2)18-19(4)11(16)3/h6-9H,5H2,1-4H3. The Morgan fingerprint density at radius 2 is 2.05 bits per heavy atom. The van der Waals surface area contributed by atoms with Crippen molar-refractivity contribution in [1.29, 1.82) is 0 Å². The van der Waals surface area contributed by atoms with E-state index in [1.807, 2.05) is 43.9 Å². The van der Waals surface area contributed by atoms with Crippen molar-refractivity contribution in [2.45, 2.75) is 27.2 Å². The molecule has 0 spiro atoms. The van der Waals surface area contributed by atoms with E-state index in [1.165, 1.54) is 0 Å². The first-order valence-corrected chi connectivity index (χ1v) is 7.04. The van der Waals surface area contributed by atoms with Crippen LogP contribution in [0.4, 0.5) is 0 Å². The maximum atomic E-state index is 11.9. The Balaban J connectivity index is 2.17. The van der Waals surface area contributed by atoms with Crippen LogP contribution < -0.4 is 0 Å². The van der Waals surface area contributed by atoms with E-state index in [2.05, 4.69) is 17.1 Å². The van der Waals surface area contributed by atoms with Crippen LogP contribution in [0.15, 0.2) is 24.5 Å². The number of aromatic nitrogens is 4. The fourth-order valence-corrected chi connectivity index (χ4v) is 2.73. The van der Waals surface area contributed by atoms with Crippen LogP contribution in [0.25, 0.3) is 16.6 Å². The van der Waals surface area contributed by atoms with E-state index < -0.39 is 0 Å². The topological polar surface area (TPSA) is 52.2 Å². The van der Waals surface area contributed by atoms with Gasteiger partial charge in [0.05, 0.1) is 23.0 Å². The van der Waals surface area contributed by atoms with Gasteiger partial charge in [-0.25, -0.2) is 4.52 Å². The Morgan fingerprint density at radius 1 is 1.29 bits per heavy atom. The summed E-state index contributed by atoms with van der Waals surface area (Å²) in [5.74, 6) is 0.117. The van der Waals surface area contributed by atoms with Crippen LogP contribution in [0.3, 0.4) is 0 Å². The van der Waals surface area contributed by atoms with Crippen LogP contribution in [0.2, 0.25) is 0 Å². The van der Waals surface area contributed by atoms with Crippen molar-refractivity contribution in [2.24, 2.45) is 7.05 Å². The number of Topliss-reactive ketones (excluding diaryl/α,β-unsaturated/α-hetero) is 1. The second kappa shape index (κ2) is 4.84. The Bertz CT molecular complexity index is 841. The highest BCUT2D eigenvalue weighted by Crippen LogP contribution is 2.27. The molecule has 5 nitrogen and oxygen atoms in total. The first kappa shape index (κ1) is 13.5. The molecule has 5 heteroatoms. The lowest BCUT2D eigenvalue weighted by molar-refractivity contribution is 0.0989. The predicted molar refractivity (Wildman–Crippen MR) is 81.5 cm³/mol. The zero-order valence-corrected chi connectivity index (χ0v) is 12.7. The number of ketones is 1. The van der Waals surface area contributed by atoms with Crippen molar-refractivity contribution < 1.29 is 4.79 Å². The van der Waals surface area contributed by atoms with E-state index >= 15 is 0 Å². The Labute approximate surface area is 123 Å². The Kier molecular flexibility index (Phi) is 3.12. The van der Waals surface area contributed by atoms with Crippen LogP contribution in [0.1, 0.15) is 35.1 Å². The van der Waals surface area contributed by atoms with Crippen molar-refractivity contribution in [1.82, 2.24) is 19.4 Å². The number of nitrogens with zero attached hydrogens (tertiary/aromatic N) is 4. The summed E-state index contributed by atoms with van der Waals surface area (Å²) in [5.41, 5.74) is 5.83. The third-order valence-corrected chi connectivity index (χ3v) is 3.94. The molecule has 3 aromatic heterocycles. The number of aryl methyl sites for hydroxylation is 2. The zero-order chi connectivity index (χ0) is 15.1. The summed E-state index contributed by atoms with van der Waals surface area (Å²) < 4.78 is 3.65.